The van der Waals surface area contributed by atoms with Crippen molar-refractivity contribution in [1.82, 2.24) is 34.6 Å². The van der Waals surface area contributed by atoms with E-state index in [2.05, 4.69) is 26.5 Å². The summed E-state index contributed by atoms with van der Waals surface area (Å²) in [6.45, 7) is 0.947. The highest BCUT2D eigenvalue weighted by molar-refractivity contribution is 5.75. The Labute approximate surface area is 250 Å². The molecule has 3 aliphatic rings. The molecular formula is C30H31F3N8O3. The summed E-state index contributed by atoms with van der Waals surface area (Å²) in [6.07, 6.45) is 8.00. The van der Waals surface area contributed by atoms with Crippen LogP contribution in [0.5, 0.6) is 11.5 Å². The van der Waals surface area contributed by atoms with Gasteiger partial charge in [0.2, 0.25) is 0 Å². The van der Waals surface area contributed by atoms with E-state index in [4.69, 9.17) is 19.8 Å². The fourth-order valence-corrected chi connectivity index (χ4v) is 7.09. The molecule has 5 heterocycles. The van der Waals surface area contributed by atoms with Gasteiger partial charge in [-0.2, -0.15) is 24.2 Å². The summed E-state index contributed by atoms with van der Waals surface area (Å²) in [5.41, 5.74) is 3.89. The van der Waals surface area contributed by atoms with E-state index in [1.807, 2.05) is 11.6 Å². The van der Waals surface area contributed by atoms with Gasteiger partial charge < -0.3 is 19.9 Å². The molecule has 0 saturated heterocycles. The predicted molar refractivity (Wildman–Crippen MR) is 150 cm³/mol. The molecule has 3 atom stereocenters. The number of hydrogen-bond donors (Lipinski definition) is 2. The second-order valence-electron chi connectivity index (χ2n) is 11.6. The van der Waals surface area contributed by atoms with Crippen molar-refractivity contribution < 1.29 is 27.8 Å². The highest BCUT2D eigenvalue weighted by Gasteiger charge is 2.57. The third-order valence-corrected chi connectivity index (χ3v) is 9.27. The van der Waals surface area contributed by atoms with Crippen LogP contribution in [-0.4, -0.2) is 72.8 Å². The summed E-state index contributed by atoms with van der Waals surface area (Å²) in [6, 6.07) is 5.13. The highest BCUT2D eigenvalue weighted by atomic mass is 19.3. The van der Waals surface area contributed by atoms with Gasteiger partial charge in [0.05, 0.1) is 36.9 Å². The van der Waals surface area contributed by atoms with Crippen LogP contribution >= 0.6 is 0 Å². The molecule has 14 heteroatoms. The van der Waals surface area contributed by atoms with Gasteiger partial charge in [-0.15, -0.1) is 0 Å². The molecule has 2 N–H and O–H groups in total. The van der Waals surface area contributed by atoms with Crippen LogP contribution in [0.4, 0.5) is 13.2 Å². The van der Waals surface area contributed by atoms with E-state index in [0.717, 1.165) is 56.4 Å². The number of rotatable bonds is 9. The average molecular weight is 609 g/mol. The SMILES string of the molecule is Cc1c(-c2cc(OC(CO)c3ccc(F)cn3)c3c(OC(F)F)cnn3c2)nn2c1CCN(C1CC3C(C1)C3NC#N)CC2. The molecule has 0 bridgehead atoms. The lowest BCUT2D eigenvalue weighted by atomic mass is 10.1. The average Bonchev–Trinajstić information content (AvgIpc) is 3.27. The Hall–Kier alpha value is -4.35. The summed E-state index contributed by atoms with van der Waals surface area (Å²) in [5.74, 6) is 0.578. The molecule has 4 aromatic heterocycles. The van der Waals surface area contributed by atoms with E-state index >= 15 is 0 Å². The number of nitrogens with zero attached hydrogens (tertiary/aromatic N) is 7. The van der Waals surface area contributed by atoms with Gasteiger partial charge in [-0.05, 0) is 55.4 Å². The van der Waals surface area contributed by atoms with Crippen molar-refractivity contribution in [2.45, 2.75) is 57.5 Å². The van der Waals surface area contributed by atoms with Crippen molar-refractivity contribution in [3.8, 4) is 28.9 Å². The van der Waals surface area contributed by atoms with E-state index < -0.39 is 25.1 Å². The lowest BCUT2D eigenvalue weighted by Gasteiger charge is -2.28. The van der Waals surface area contributed by atoms with E-state index in [1.54, 1.807) is 12.3 Å². The lowest BCUT2D eigenvalue weighted by Crippen LogP contribution is -2.38. The summed E-state index contributed by atoms with van der Waals surface area (Å²) >= 11 is 0. The molecule has 4 aromatic rings. The number of aliphatic hydroxyl groups is 1. The van der Waals surface area contributed by atoms with Crippen LogP contribution in [0.25, 0.3) is 16.8 Å². The Morgan fingerprint density at radius 3 is 2.66 bits per heavy atom. The molecule has 2 saturated carbocycles. The first-order chi connectivity index (χ1) is 21.3. The van der Waals surface area contributed by atoms with E-state index in [-0.39, 0.29) is 22.7 Å². The molecule has 230 valence electrons. The monoisotopic (exact) mass is 608 g/mol. The zero-order valence-corrected chi connectivity index (χ0v) is 23.9. The van der Waals surface area contributed by atoms with Gasteiger partial charge in [0.25, 0.3) is 0 Å². The molecule has 0 spiro atoms. The predicted octanol–water partition coefficient (Wildman–Crippen LogP) is 3.46. The molecule has 3 unspecified atom stereocenters. The normalized spacial score (nSPS) is 23.6. The maximum atomic E-state index is 13.5. The minimum absolute atomic E-state index is 0.124. The zero-order chi connectivity index (χ0) is 30.5. The maximum Gasteiger partial charge on any atom is 0.387 e. The minimum Gasteiger partial charge on any atom is -0.479 e. The number of pyridine rings is 2. The Bertz CT molecular complexity index is 1710. The van der Waals surface area contributed by atoms with Crippen LogP contribution in [0.1, 0.15) is 35.9 Å². The molecular weight excluding hydrogens is 577 g/mol. The van der Waals surface area contributed by atoms with Crippen LogP contribution in [0.15, 0.2) is 36.8 Å². The lowest BCUT2D eigenvalue weighted by molar-refractivity contribution is -0.0489. The van der Waals surface area contributed by atoms with Crippen molar-refractivity contribution in [2.75, 3.05) is 19.7 Å². The number of aromatic nitrogens is 5. The highest BCUT2D eigenvalue weighted by Crippen LogP contribution is 2.53. The van der Waals surface area contributed by atoms with Crippen molar-refractivity contribution in [2.24, 2.45) is 11.8 Å². The molecule has 7 rings (SSSR count). The van der Waals surface area contributed by atoms with Crippen molar-refractivity contribution >= 4 is 5.52 Å². The van der Waals surface area contributed by atoms with Crippen molar-refractivity contribution in [3.05, 3.63) is 59.6 Å². The van der Waals surface area contributed by atoms with Gasteiger partial charge in [-0.3, -0.25) is 14.6 Å². The Balaban J connectivity index is 1.17. The number of alkyl halides is 2. The molecule has 1 aliphatic heterocycles. The van der Waals surface area contributed by atoms with E-state index in [1.165, 1.54) is 22.8 Å². The number of nitriles is 1. The number of fused-ring (bicyclic) bond motifs is 3. The topological polar surface area (TPSA) is 126 Å². The summed E-state index contributed by atoms with van der Waals surface area (Å²) in [7, 11) is 0. The summed E-state index contributed by atoms with van der Waals surface area (Å²) < 4.78 is 54.2. The fourth-order valence-electron chi connectivity index (χ4n) is 7.09. The Kier molecular flexibility index (Phi) is 7.30. The molecule has 0 aromatic carbocycles. The van der Waals surface area contributed by atoms with Crippen molar-refractivity contribution in [3.63, 3.8) is 0 Å². The summed E-state index contributed by atoms with van der Waals surface area (Å²) in [5, 5.41) is 31.2. The third kappa shape index (κ3) is 5.09. The van der Waals surface area contributed by atoms with Crippen LogP contribution < -0.4 is 14.8 Å². The first-order valence-electron chi connectivity index (χ1n) is 14.6. The van der Waals surface area contributed by atoms with Crippen LogP contribution in [0.2, 0.25) is 0 Å². The van der Waals surface area contributed by atoms with Gasteiger partial charge in [0.1, 0.15) is 5.82 Å². The number of ether oxygens (including phenoxy) is 2. The minimum atomic E-state index is -3.08. The van der Waals surface area contributed by atoms with E-state index in [9.17, 15) is 18.3 Å². The van der Waals surface area contributed by atoms with Gasteiger partial charge in [0.15, 0.2) is 29.3 Å². The van der Waals surface area contributed by atoms with Gasteiger partial charge >= 0.3 is 6.61 Å². The number of nitrogens with one attached hydrogen (secondary N) is 1. The second-order valence-corrected chi connectivity index (χ2v) is 11.6. The van der Waals surface area contributed by atoms with Gasteiger partial charge in [-0.1, -0.05) is 0 Å². The molecule has 0 radical (unpaired) electrons. The van der Waals surface area contributed by atoms with Gasteiger partial charge in [-0.25, -0.2) is 8.91 Å². The molecule has 11 nitrogen and oxygen atoms in total. The largest absolute Gasteiger partial charge is 0.479 e. The Morgan fingerprint density at radius 2 is 1.95 bits per heavy atom. The third-order valence-electron chi connectivity index (χ3n) is 9.27. The zero-order valence-electron chi connectivity index (χ0n) is 23.9. The van der Waals surface area contributed by atoms with Crippen LogP contribution in [-0.2, 0) is 13.0 Å². The van der Waals surface area contributed by atoms with Crippen LogP contribution in [0.3, 0.4) is 0 Å². The quantitative estimate of drug-likeness (QED) is 0.217. The molecule has 0 amide bonds. The smallest absolute Gasteiger partial charge is 0.387 e. The molecule has 44 heavy (non-hydrogen) atoms. The van der Waals surface area contributed by atoms with Crippen molar-refractivity contribution in [1.29, 1.82) is 5.26 Å². The first kappa shape index (κ1) is 28.4. The maximum absolute atomic E-state index is 13.5. The Morgan fingerprint density at radius 1 is 1.14 bits per heavy atom. The first-order valence-corrected chi connectivity index (χ1v) is 14.6. The second kappa shape index (κ2) is 11.3. The standard InChI is InChI=1S/C30H31F3N8O3/c1-16-23-4-5-39(19-9-20-21(10-19)28(20)36-15-34)6-7-40(23)38-27(16)17-8-24(29-25(44-30(32)33)12-37-41(29)13-17)43-26(14-42)22-3-2-18(31)11-35-22/h2-3,8,11-13,19-21,26,28,30,36,42H,4-7,9-10,14H2,1H3. The van der Waals surface area contributed by atoms with Crippen LogP contribution in [0, 0.1) is 36.0 Å². The molecule has 2 fully saturated rings. The van der Waals surface area contributed by atoms with E-state index in [0.29, 0.717) is 35.2 Å². The summed E-state index contributed by atoms with van der Waals surface area (Å²) in [4.78, 5) is 6.57. The number of hydrogen-bond acceptors (Lipinski definition) is 9. The molecule has 2 aliphatic carbocycles. The van der Waals surface area contributed by atoms with Gasteiger partial charge in [0, 0.05) is 49.0 Å². The number of aliphatic hydroxyl groups excluding tert-OH is 1. The fraction of sp³-hybridized carbons (Fsp3) is 0.467. The number of halogens is 3.